The van der Waals surface area contributed by atoms with Crippen LogP contribution in [0.3, 0.4) is 0 Å². The van der Waals surface area contributed by atoms with Crippen LogP contribution in [0.4, 0.5) is 0 Å². The molecule has 2 unspecified atom stereocenters. The molecule has 0 saturated carbocycles. The molecule has 2 heteroatoms. The molecule has 0 bridgehead atoms. The van der Waals surface area contributed by atoms with Crippen LogP contribution in [-0.4, -0.2) is 22.4 Å². The number of rotatable bonds is 6. The molecule has 0 radical (unpaired) electrons. The Bertz CT molecular complexity index is 161. The highest BCUT2D eigenvalue weighted by atomic mass is 16.3. The fraction of sp³-hybridized carbons (Fsp3) is 0.636. The quantitative estimate of drug-likeness (QED) is 0.620. The molecule has 2 N–H and O–H groups in total. The molecular weight excluding hydrogens is 164 g/mol. The summed E-state index contributed by atoms with van der Waals surface area (Å²) in [5.74, 6) is 0. The lowest BCUT2D eigenvalue weighted by Gasteiger charge is -2.00. The van der Waals surface area contributed by atoms with Crippen LogP contribution < -0.4 is 0 Å². The van der Waals surface area contributed by atoms with Crippen molar-refractivity contribution in [3.8, 4) is 0 Å². The van der Waals surface area contributed by atoms with E-state index < -0.39 is 0 Å². The minimum atomic E-state index is -0.368. The van der Waals surface area contributed by atoms with Gasteiger partial charge in [0, 0.05) is 0 Å². The van der Waals surface area contributed by atoms with Gasteiger partial charge in [-0.1, -0.05) is 44.6 Å². The van der Waals surface area contributed by atoms with Crippen LogP contribution in [0.2, 0.25) is 0 Å². The monoisotopic (exact) mass is 184 g/mol. The lowest BCUT2D eigenvalue weighted by molar-refractivity contribution is 0.211. The van der Waals surface area contributed by atoms with Crippen molar-refractivity contribution in [1.29, 1.82) is 0 Å². The lowest BCUT2D eigenvalue weighted by atomic mass is 10.2. The molecule has 0 amide bonds. The van der Waals surface area contributed by atoms with Gasteiger partial charge in [0.05, 0.1) is 12.2 Å². The average Bonchev–Trinajstić information content (AvgIpc) is 2.12. The predicted molar refractivity (Wildman–Crippen MR) is 55.5 cm³/mol. The Morgan fingerprint density at radius 3 is 2.00 bits per heavy atom. The summed E-state index contributed by atoms with van der Waals surface area (Å²) in [5.41, 5.74) is 0. The highest BCUT2D eigenvalue weighted by Crippen LogP contribution is 1.98. The van der Waals surface area contributed by atoms with Gasteiger partial charge >= 0.3 is 0 Å². The molecule has 0 aromatic rings. The van der Waals surface area contributed by atoms with E-state index in [4.69, 9.17) is 5.11 Å². The maximum Gasteiger partial charge on any atom is 0.0723 e. The molecule has 0 aromatic heterocycles. The smallest absolute Gasteiger partial charge is 0.0723 e. The third-order valence-electron chi connectivity index (χ3n) is 1.78. The first-order valence-electron chi connectivity index (χ1n) is 4.91. The van der Waals surface area contributed by atoms with Crippen molar-refractivity contribution in [2.45, 2.75) is 45.3 Å². The van der Waals surface area contributed by atoms with E-state index in [1.165, 1.54) is 0 Å². The second-order valence-electron chi connectivity index (χ2n) is 3.10. The van der Waals surface area contributed by atoms with Gasteiger partial charge in [-0.25, -0.2) is 0 Å². The van der Waals surface area contributed by atoms with Crippen molar-refractivity contribution in [2.75, 3.05) is 0 Å². The molecule has 0 aromatic carbocycles. The summed E-state index contributed by atoms with van der Waals surface area (Å²) >= 11 is 0. The van der Waals surface area contributed by atoms with Gasteiger partial charge in [0.2, 0.25) is 0 Å². The zero-order chi connectivity index (χ0) is 10.1. The largest absolute Gasteiger partial charge is 0.389 e. The van der Waals surface area contributed by atoms with E-state index in [0.717, 1.165) is 19.3 Å². The van der Waals surface area contributed by atoms with Gasteiger partial charge in [-0.15, -0.1) is 0 Å². The maximum atomic E-state index is 9.29. The molecular formula is C11H20O2. The van der Waals surface area contributed by atoms with Gasteiger partial charge in [-0.05, 0) is 12.8 Å². The maximum absolute atomic E-state index is 9.29. The number of aliphatic hydroxyl groups is 2. The van der Waals surface area contributed by atoms with Crippen molar-refractivity contribution < 1.29 is 10.2 Å². The summed E-state index contributed by atoms with van der Waals surface area (Å²) in [4.78, 5) is 0. The van der Waals surface area contributed by atoms with Gasteiger partial charge in [0.1, 0.15) is 0 Å². The molecule has 0 rings (SSSR count). The Morgan fingerprint density at radius 1 is 1.00 bits per heavy atom. The van der Waals surface area contributed by atoms with Crippen LogP contribution in [-0.2, 0) is 0 Å². The molecule has 0 aliphatic heterocycles. The van der Waals surface area contributed by atoms with E-state index in [1.807, 2.05) is 13.8 Å². The van der Waals surface area contributed by atoms with Gasteiger partial charge in [0.25, 0.3) is 0 Å². The number of allylic oxidation sites excluding steroid dienone is 2. The topological polar surface area (TPSA) is 40.5 Å². The first-order chi connectivity index (χ1) is 6.20. The molecule has 2 atom stereocenters. The SMILES string of the molecule is CCCC(O)C=CC=CC(O)CC. The summed E-state index contributed by atoms with van der Waals surface area (Å²) in [5, 5.41) is 18.4. The van der Waals surface area contributed by atoms with Crippen LogP contribution in [0.25, 0.3) is 0 Å². The van der Waals surface area contributed by atoms with Crippen molar-refractivity contribution in [3.63, 3.8) is 0 Å². The highest BCUT2D eigenvalue weighted by Gasteiger charge is 1.94. The van der Waals surface area contributed by atoms with Gasteiger partial charge in [0.15, 0.2) is 0 Å². The third kappa shape index (κ3) is 7.75. The van der Waals surface area contributed by atoms with Crippen molar-refractivity contribution in [1.82, 2.24) is 0 Å². The second kappa shape index (κ2) is 8.02. The first kappa shape index (κ1) is 12.4. The van der Waals surface area contributed by atoms with Crippen LogP contribution in [0.1, 0.15) is 33.1 Å². The van der Waals surface area contributed by atoms with Gasteiger partial charge < -0.3 is 10.2 Å². The van der Waals surface area contributed by atoms with E-state index >= 15 is 0 Å². The van der Waals surface area contributed by atoms with E-state index in [2.05, 4.69) is 0 Å². The molecule has 0 aliphatic rings. The summed E-state index contributed by atoms with van der Waals surface area (Å²) < 4.78 is 0. The van der Waals surface area contributed by atoms with Crippen LogP contribution >= 0.6 is 0 Å². The van der Waals surface area contributed by atoms with Crippen LogP contribution in [0.15, 0.2) is 24.3 Å². The van der Waals surface area contributed by atoms with Gasteiger partial charge in [-0.2, -0.15) is 0 Å². The minimum absolute atomic E-state index is 0.353. The summed E-state index contributed by atoms with van der Waals surface area (Å²) in [6, 6.07) is 0. The summed E-state index contributed by atoms with van der Waals surface area (Å²) in [6.45, 7) is 3.96. The Kier molecular flexibility index (Phi) is 7.65. The Labute approximate surface area is 80.6 Å². The molecule has 0 fully saturated rings. The number of aliphatic hydroxyl groups excluding tert-OH is 2. The normalized spacial score (nSPS) is 16.9. The molecule has 0 spiro atoms. The van der Waals surface area contributed by atoms with Gasteiger partial charge in [-0.3, -0.25) is 0 Å². The zero-order valence-corrected chi connectivity index (χ0v) is 8.48. The highest BCUT2D eigenvalue weighted by molar-refractivity contribution is 5.06. The van der Waals surface area contributed by atoms with Crippen LogP contribution in [0.5, 0.6) is 0 Å². The van der Waals surface area contributed by atoms with Crippen molar-refractivity contribution in [2.24, 2.45) is 0 Å². The predicted octanol–water partition coefficient (Wildman–Crippen LogP) is 2.03. The lowest BCUT2D eigenvalue weighted by Crippen LogP contribution is -2.00. The van der Waals surface area contributed by atoms with Crippen LogP contribution in [0, 0.1) is 0 Å². The molecule has 2 nitrogen and oxygen atoms in total. The Balaban J connectivity index is 3.66. The standard InChI is InChI=1S/C11H20O2/c1-3-7-11(13)9-6-5-8-10(12)4-2/h5-6,8-13H,3-4,7H2,1-2H3. The third-order valence-corrected chi connectivity index (χ3v) is 1.78. The molecule has 0 aliphatic carbocycles. The summed E-state index contributed by atoms with van der Waals surface area (Å²) in [6.07, 6.45) is 8.78. The minimum Gasteiger partial charge on any atom is -0.389 e. The molecule has 0 saturated heterocycles. The molecule has 76 valence electrons. The second-order valence-corrected chi connectivity index (χ2v) is 3.10. The fourth-order valence-corrected chi connectivity index (χ4v) is 0.913. The molecule has 0 heterocycles. The number of hydrogen-bond donors (Lipinski definition) is 2. The van der Waals surface area contributed by atoms with E-state index in [1.54, 1.807) is 24.3 Å². The Hall–Kier alpha value is -0.600. The van der Waals surface area contributed by atoms with Crippen molar-refractivity contribution in [3.05, 3.63) is 24.3 Å². The number of hydrogen-bond acceptors (Lipinski definition) is 2. The Morgan fingerprint density at radius 2 is 1.54 bits per heavy atom. The van der Waals surface area contributed by atoms with Crippen molar-refractivity contribution >= 4 is 0 Å². The average molecular weight is 184 g/mol. The molecule has 13 heavy (non-hydrogen) atoms. The van der Waals surface area contributed by atoms with E-state index in [9.17, 15) is 5.11 Å². The first-order valence-corrected chi connectivity index (χ1v) is 4.91. The fourth-order valence-electron chi connectivity index (χ4n) is 0.913. The zero-order valence-electron chi connectivity index (χ0n) is 8.48. The van der Waals surface area contributed by atoms with E-state index in [-0.39, 0.29) is 12.2 Å². The van der Waals surface area contributed by atoms with E-state index in [0.29, 0.717) is 0 Å². The summed E-state index contributed by atoms with van der Waals surface area (Å²) in [7, 11) is 0.